The van der Waals surface area contributed by atoms with Crippen LogP contribution in [-0.4, -0.2) is 16.5 Å². The van der Waals surface area contributed by atoms with E-state index in [1.807, 2.05) is 6.20 Å². The molecule has 1 N–H and O–H groups in total. The molecule has 0 atom stereocenters. The van der Waals surface area contributed by atoms with Crippen LogP contribution in [-0.2, 0) is 6.42 Å². The SMILES string of the molecule is CCCCNc1nccc(CCC2CCCCC2)n1. The number of unbranched alkanes of at least 4 members (excludes halogenated alkanes) is 1. The lowest BCUT2D eigenvalue weighted by Crippen LogP contribution is -2.09. The Balaban J connectivity index is 1.77. The molecular formula is C16H27N3. The largest absolute Gasteiger partial charge is 0.354 e. The van der Waals surface area contributed by atoms with Gasteiger partial charge in [0, 0.05) is 18.4 Å². The molecule has 1 aliphatic carbocycles. The summed E-state index contributed by atoms with van der Waals surface area (Å²) in [6.45, 7) is 3.17. The van der Waals surface area contributed by atoms with Gasteiger partial charge in [-0.25, -0.2) is 9.97 Å². The molecule has 0 spiro atoms. The fraction of sp³-hybridized carbons (Fsp3) is 0.750. The third-order valence-corrected chi connectivity index (χ3v) is 4.06. The molecule has 1 saturated carbocycles. The molecule has 1 aromatic heterocycles. The maximum atomic E-state index is 4.61. The van der Waals surface area contributed by atoms with E-state index >= 15 is 0 Å². The van der Waals surface area contributed by atoms with Gasteiger partial charge in [0.05, 0.1) is 0 Å². The normalized spacial score (nSPS) is 16.5. The molecule has 1 aliphatic rings. The van der Waals surface area contributed by atoms with Crippen molar-refractivity contribution in [3.8, 4) is 0 Å². The Morgan fingerprint density at radius 2 is 2.11 bits per heavy atom. The van der Waals surface area contributed by atoms with Crippen molar-refractivity contribution in [3.05, 3.63) is 18.0 Å². The van der Waals surface area contributed by atoms with Crippen LogP contribution in [0.5, 0.6) is 0 Å². The van der Waals surface area contributed by atoms with Gasteiger partial charge in [0.25, 0.3) is 0 Å². The predicted octanol–water partition coefficient (Wildman–Crippen LogP) is 4.20. The van der Waals surface area contributed by atoms with E-state index in [0.717, 1.165) is 24.8 Å². The minimum atomic E-state index is 0.801. The molecule has 1 aromatic rings. The molecule has 0 radical (unpaired) electrons. The number of nitrogens with zero attached hydrogens (tertiary/aromatic N) is 2. The summed E-state index contributed by atoms with van der Waals surface area (Å²) < 4.78 is 0. The van der Waals surface area contributed by atoms with Crippen molar-refractivity contribution in [1.82, 2.24) is 9.97 Å². The Bertz CT molecular complexity index is 359. The quantitative estimate of drug-likeness (QED) is 0.747. The predicted molar refractivity (Wildman–Crippen MR) is 80.3 cm³/mol. The molecule has 106 valence electrons. The zero-order valence-corrected chi connectivity index (χ0v) is 12.2. The van der Waals surface area contributed by atoms with Gasteiger partial charge in [-0.2, -0.15) is 0 Å². The van der Waals surface area contributed by atoms with Crippen molar-refractivity contribution < 1.29 is 0 Å². The Morgan fingerprint density at radius 1 is 1.26 bits per heavy atom. The zero-order chi connectivity index (χ0) is 13.3. The van der Waals surface area contributed by atoms with E-state index in [-0.39, 0.29) is 0 Å². The minimum absolute atomic E-state index is 0.801. The molecule has 0 amide bonds. The molecule has 0 unspecified atom stereocenters. The van der Waals surface area contributed by atoms with Crippen molar-refractivity contribution in [3.63, 3.8) is 0 Å². The molecule has 1 heterocycles. The number of nitrogens with one attached hydrogen (secondary N) is 1. The van der Waals surface area contributed by atoms with E-state index in [2.05, 4.69) is 28.3 Å². The fourth-order valence-electron chi connectivity index (χ4n) is 2.83. The topological polar surface area (TPSA) is 37.8 Å². The van der Waals surface area contributed by atoms with E-state index in [0.29, 0.717) is 0 Å². The molecule has 3 nitrogen and oxygen atoms in total. The molecule has 0 aromatic carbocycles. The Kier molecular flexibility index (Phi) is 6.12. The maximum Gasteiger partial charge on any atom is 0.222 e. The van der Waals surface area contributed by atoms with E-state index in [9.17, 15) is 0 Å². The lowest BCUT2D eigenvalue weighted by molar-refractivity contribution is 0.338. The van der Waals surface area contributed by atoms with Crippen molar-refractivity contribution in [2.75, 3.05) is 11.9 Å². The number of anilines is 1. The van der Waals surface area contributed by atoms with Crippen molar-refractivity contribution in [1.29, 1.82) is 0 Å². The highest BCUT2D eigenvalue weighted by molar-refractivity contribution is 5.24. The summed E-state index contributed by atoms with van der Waals surface area (Å²) in [7, 11) is 0. The molecule has 3 heteroatoms. The zero-order valence-electron chi connectivity index (χ0n) is 12.2. The van der Waals surface area contributed by atoms with E-state index in [1.54, 1.807) is 0 Å². The van der Waals surface area contributed by atoms with Gasteiger partial charge in [-0.05, 0) is 31.2 Å². The lowest BCUT2D eigenvalue weighted by atomic mass is 9.86. The van der Waals surface area contributed by atoms with Gasteiger partial charge in [0.15, 0.2) is 0 Å². The third kappa shape index (κ3) is 5.17. The average Bonchev–Trinajstić information content (AvgIpc) is 2.47. The monoisotopic (exact) mass is 261 g/mol. The van der Waals surface area contributed by atoms with Gasteiger partial charge in [-0.15, -0.1) is 0 Å². The molecule has 19 heavy (non-hydrogen) atoms. The highest BCUT2D eigenvalue weighted by Gasteiger charge is 2.13. The Hall–Kier alpha value is -1.12. The summed E-state index contributed by atoms with van der Waals surface area (Å²) in [4.78, 5) is 8.89. The van der Waals surface area contributed by atoms with Gasteiger partial charge in [-0.3, -0.25) is 0 Å². The lowest BCUT2D eigenvalue weighted by Gasteiger charge is -2.21. The van der Waals surface area contributed by atoms with Crippen LogP contribution in [0.3, 0.4) is 0 Å². The van der Waals surface area contributed by atoms with Gasteiger partial charge < -0.3 is 5.32 Å². The first-order chi connectivity index (χ1) is 9.38. The van der Waals surface area contributed by atoms with Crippen LogP contribution in [0.4, 0.5) is 5.95 Å². The molecule has 1 fully saturated rings. The molecule has 0 aliphatic heterocycles. The number of aromatic nitrogens is 2. The maximum absolute atomic E-state index is 4.61. The van der Waals surface area contributed by atoms with E-state index < -0.39 is 0 Å². The van der Waals surface area contributed by atoms with Crippen LogP contribution in [0.15, 0.2) is 12.3 Å². The van der Waals surface area contributed by atoms with Crippen LogP contribution < -0.4 is 5.32 Å². The van der Waals surface area contributed by atoms with E-state index in [1.165, 1.54) is 57.1 Å². The number of aryl methyl sites for hydroxylation is 1. The summed E-state index contributed by atoms with van der Waals surface area (Å²) in [5, 5.41) is 3.30. The van der Waals surface area contributed by atoms with Gasteiger partial charge in [0.1, 0.15) is 0 Å². The van der Waals surface area contributed by atoms with Crippen LogP contribution in [0.2, 0.25) is 0 Å². The average molecular weight is 261 g/mol. The first-order valence-electron chi connectivity index (χ1n) is 7.94. The van der Waals surface area contributed by atoms with Crippen molar-refractivity contribution in [2.45, 2.75) is 64.7 Å². The summed E-state index contributed by atoms with van der Waals surface area (Å²) in [6.07, 6.45) is 13.8. The number of hydrogen-bond acceptors (Lipinski definition) is 3. The van der Waals surface area contributed by atoms with Crippen molar-refractivity contribution in [2.24, 2.45) is 5.92 Å². The molecule has 0 saturated heterocycles. The summed E-state index contributed by atoms with van der Waals surface area (Å²) in [5.41, 5.74) is 1.19. The first kappa shape index (κ1) is 14.3. The van der Waals surface area contributed by atoms with Crippen LogP contribution in [0.25, 0.3) is 0 Å². The van der Waals surface area contributed by atoms with Crippen LogP contribution in [0, 0.1) is 5.92 Å². The second-order valence-electron chi connectivity index (χ2n) is 5.69. The van der Waals surface area contributed by atoms with Crippen LogP contribution in [0.1, 0.15) is 64.0 Å². The third-order valence-electron chi connectivity index (χ3n) is 4.06. The highest BCUT2D eigenvalue weighted by atomic mass is 15.1. The summed E-state index contributed by atoms with van der Waals surface area (Å²) >= 11 is 0. The molecule has 2 rings (SSSR count). The Labute approximate surface area is 117 Å². The molecular weight excluding hydrogens is 234 g/mol. The number of rotatable bonds is 7. The van der Waals surface area contributed by atoms with Crippen LogP contribution >= 0.6 is 0 Å². The second kappa shape index (κ2) is 8.13. The second-order valence-corrected chi connectivity index (χ2v) is 5.69. The summed E-state index contributed by atoms with van der Waals surface area (Å²) in [5.74, 6) is 1.73. The first-order valence-corrected chi connectivity index (χ1v) is 7.94. The summed E-state index contributed by atoms with van der Waals surface area (Å²) in [6, 6.07) is 2.06. The Morgan fingerprint density at radius 3 is 2.89 bits per heavy atom. The van der Waals surface area contributed by atoms with E-state index in [4.69, 9.17) is 0 Å². The minimum Gasteiger partial charge on any atom is -0.354 e. The standard InChI is InChI=1S/C16H27N3/c1-2-3-12-17-16-18-13-11-15(19-16)10-9-14-7-5-4-6-8-14/h11,13-14H,2-10,12H2,1H3,(H,17,18,19). The molecule has 0 bridgehead atoms. The van der Waals surface area contributed by atoms with Gasteiger partial charge in [0.2, 0.25) is 5.95 Å². The number of hydrogen-bond donors (Lipinski definition) is 1. The van der Waals surface area contributed by atoms with Gasteiger partial charge in [-0.1, -0.05) is 45.4 Å². The van der Waals surface area contributed by atoms with Crippen molar-refractivity contribution >= 4 is 5.95 Å². The van der Waals surface area contributed by atoms with Gasteiger partial charge >= 0.3 is 0 Å². The smallest absolute Gasteiger partial charge is 0.222 e. The fourth-order valence-corrected chi connectivity index (χ4v) is 2.83. The highest BCUT2D eigenvalue weighted by Crippen LogP contribution is 2.27.